The fraction of sp³-hybridized carbons (Fsp3) is 0.588. The number of rotatable bonds is 4. The van der Waals surface area contributed by atoms with E-state index in [1.165, 1.54) is 36.8 Å². The molecule has 1 aliphatic rings. The molecule has 0 saturated carbocycles. The molecular formula is C17H25NO2. The van der Waals surface area contributed by atoms with Gasteiger partial charge in [0.25, 0.3) is 0 Å². The molecule has 3 heteroatoms. The second-order valence-electron chi connectivity index (χ2n) is 5.98. The highest BCUT2D eigenvalue weighted by molar-refractivity contribution is 5.68. The van der Waals surface area contributed by atoms with Crippen molar-refractivity contribution in [3.05, 3.63) is 34.9 Å². The summed E-state index contributed by atoms with van der Waals surface area (Å²) in [5.41, 5.74) is 3.59. The number of carbonyl (C=O) groups is 1. The van der Waals surface area contributed by atoms with Crippen LogP contribution >= 0.6 is 0 Å². The van der Waals surface area contributed by atoms with Crippen molar-refractivity contribution in [1.82, 2.24) is 4.90 Å². The van der Waals surface area contributed by atoms with Crippen molar-refractivity contribution in [3.8, 4) is 0 Å². The van der Waals surface area contributed by atoms with Crippen LogP contribution in [-0.4, -0.2) is 29.1 Å². The van der Waals surface area contributed by atoms with E-state index in [1.807, 2.05) is 0 Å². The van der Waals surface area contributed by atoms with Crippen molar-refractivity contribution in [2.24, 2.45) is 0 Å². The van der Waals surface area contributed by atoms with Gasteiger partial charge in [-0.3, -0.25) is 9.69 Å². The maximum absolute atomic E-state index is 11.3. The molecule has 1 saturated heterocycles. The van der Waals surface area contributed by atoms with Gasteiger partial charge in [-0.1, -0.05) is 42.2 Å². The Labute approximate surface area is 121 Å². The summed E-state index contributed by atoms with van der Waals surface area (Å²) in [4.78, 5) is 13.6. The average Bonchev–Trinajstić information content (AvgIpc) is 2.63. The molecule has 2 rings (SSSR count). The number of aryl methyl sites for hydroxylation is 2. The topological polar surface area (TPSA) is 40.5 Å². The van der Waals surface area contributed by atoms with Crippen LogP contribution in [0.5, 0.6) is 0 Å². The lowest BCUT2D eigenvalue weighted by Gasteiger charge is -2.30. The van der Waals surface area contributed by atoms with Crippen LogP contribution in [0, 0.1) is 13.8 Å². The lowest BCUT2D eigenvalue weighted by Crippen LogP contribution is -2.31. The molecule has 1 aromatic rings. The summed E-state index contributed by atoms with van der Waals surface area (Å²) < 4.78 is 0. The Morgan fingerprint density at radius 2 is 1.65 bits per heavy atom. The van der Waals surface area contributed by atoms with E-state index < -0.39 is 5.97 Å². The molecule has 0 aliphatic carbocycles. The van der Waals surface area contributed by atoms with Gasteiger partial charge in [-0.05, 0) is 45.3 Å². The minimum Gasteiger partial charge on any atom is -0.481 e. The minimum atomic E-state index is -0.710. The van der Waals surface area contributed by atoms with Gasteiger partial charge in [-0.15, -0.1) is 0 Å². The Kier molecular flexibility index (Phi) is 5.18. The fourth-order valence-corrected chi connectivity index (χ4v) is 3.23. The fourth-order valence-electron chi connectivity index (χ4n) is 3.23. The predicted molar refractivity (Wildman–Crippen MR) is 81.0 cm³/mol. The van der Waals surface area contributed by atoms with Crippen LogP contribution in [0.2, 0.25) is 0 Å². The summed E-state index contributed by atoms with van der Waals surface area (Å²) in [5, 5.41) is 9.26. The molecular weight excluding hydrogens is 250 g/mol. The normalized spacial score (nSPS) is 18.5. The van der Waals surface area contributed by atoms with Crippen LogP contribution in [0.25, 0.3) is 0 Å². The van der Waals surface area contributed by atoms with Crippen molar-refractivity contribution in [2.45, 2.75) is 52.0 Å². The molecule has 1 unspecified atom stereocenters. The van der Waals surface area contributed by atoms with Gasteiger partial charge in [0.05, 0.1) is 6.42 Å². The molecule has 1 heterocycles. The first-order chi connectivity index (χ1) is 9.56. The molecule has 1 atom stereocenters. The molecule has 1 aliphatic heterocycles. The molecule has 0 spiro atoms. The molecule has 1 aromatic carbocycles. The molecule has 3 nitrogen and oxygen atoms in total. The summed E-state index contributed by atoms with van der Waals surface area (Å²) in [6, 6.07) is 6.45. The lowest BCUT2D eigenvalue weighted by atomic mass is 9.97. The smallest absolute Gasteiger partial charge is 0.305 e. The van der Waals surface area contributed by atoms with Gasteiger partial charge in [0, 0.05) is 6.04 Å². The van der Waals surface area contributed by atoms with Crippen molar-refractivity contribution in [3.63, 3.8) is 0 Å². The van der Waals surface area contributed by atoms with Crippen LogP contribution in [0.1, 0.15) is 54.8 Å². The Bertz CT molecular complexity index is 442. The largest absolute Gasteiger partial charge is 0.481 e. The standard InChI is InChI=1S/C17H25NO2/c1-13-9-14(2)11-15(10-13)16(12-17(19)20)18-7-5-3-4-6-8-18/h9-11,16H,3-8,12H2,1-2H3,(H,19,20). The molecule has 0 aromatic heterocycles. The highest BCUT2D eigenvalue weighted by Gasteiger charge is 2.24. The summed E-state index contributed by atoms with van der Waals surface area (Å²) in [6.07, 6.45) is 5.09. The third-order valence-electron chi connectivity index (χ3n) is 4.08. The summed E-state index contributed by atoms with van der Waals surface area (Å²) in [5.74, 6) is -0.710. The average molecular weight is 275 g/mol. The van der Waals surface area contributed by atoms with Gasteiger partial charge in [-0.2, -0.15) is 0 Å². The first kappa shape index (κ1) is 15.0. The zero-order valence-corrected chi connectivity index (χ0v) is 12.6. The molecule has 20 heavy (non-hydrogen) atoms. The van der Waals surface area contributed by atoms with Crippen molar-refractivity contribution in [2.75, 3.05) is 13.1 Å². The van der Waals surface area contributed by atoms with Gasteiger partial charge in [0.1, 0.15) is 0 Å². The van der Waals surface area contributed by atoms with Gasteiger partial charge < -0.3 is 5.11 Å². The van der Waals surface area contributed by atoms with Gasteiger partial charge >= 0.3 is 5.97 Å². The Balaban J connectivity index is 2.27. The first-order valence-corrected chi connectivity index (χ1v) is 7.60. The third-order valence-corrected chi connectivity index (χ3v) is 4.08. The zero-order valence-electron chi connectivity index (χ0n) is 12.6. The Morgan fingerprint density at radius 1 is 1.10 bits per heavy atom. The monoisotopic (exact) mass is 275 g/mol. The number of hydrogen-bond donors (Lipinski definition) is 1. The summed E-state index contributed by atoms with van der Waals surface area (Å²) >= 11 is 0. The SMILES string of the molecule is Cc1cc(C)cc(C(CC(=O)O)N2CCCCCC2)c1. The predicted octanol–water partition coefficient (Wildman–Crippen LogP) is 3.70. The molecule has 0 radical (unpaired) electrons. The number of carboxylic acid groups (broad SMARTS) is 1. The van der Waals surface area contributed by atoms with Crippen LogP contribution in [0.4, 0.5) is 0 Å². The van der Waals surface area contributed by atoms with Gasteiger partial charge in [-0.25, -0.2) is 0 Å². The second kappa shape index (κ2) is 6.89. The molecule has 0 amide bonds. The number of benzene rings is 1. The Morgan fingerprint density at radius 3 is 2.15 bits per heavy atom. The maximum atomic E-state index is 11.3. The van der Waals surface area contributed by atoms with E-state index in [0.29, 0.717) is 0 Å². The number of likely N-dealkylation sites (tertiary alicyclic amines) is 1. The second-order valence-corrected chi connectivity index (χ2v) is 5.98. The summed E-state index contributed by atoms with van der Waals surface area (Å²) in [7, 11) is 0. The van der Waals surface area contributed by atoms with Crippen LogP contribution < -0.4 is 0 Å². The zero-order chi connectivity index (χ0) is 14.5. The molecule has 1 N–H and O–H groups in total. The van der Waals surface area contributed by atoms with Crippen molar-refractivity contribution in [1.29, 1.82) is 0 Å². The van der Waals surface area contributed by atoms with Gasteiger partial charge in [0.2, 0.25) is 0 Å². The number of carboxylic acids is 1. The number of aliphatic carboxylic acids is 1. The van der Waals surface area contributed by atoms with Crippen LogP contribution in [0.15, 0.2) is 18.2 Å². The van der Waals surface area contributed by atoms with E-state index in [2.05, 4.69) is 36.9 Å². The quantitative estimate of drug-likeness (QED) is 0.911. The highest BCUT2D eigenvalue weighted by Crippen LogP contribution is 2.28. The van der Waals surface area contributed by atoms with Gasteiger partial charge in [0.15, 0.2) is 0 Å². The molecule has 110 valence electrons. The molecule has 1 fully saturated rings. The van der Waals surface area contributed by atoms with E-state index in [1.54, 1.807) is 0 Å². The summed E-state index contributed by atoms with van der Waals surface area (Å²) in [6.45, 7) is 6.20. The third kappa shape index (κ3) is 4.07. The minimum absolute atomic E-state index is 0.0178. The number of hydrogen-bond acceptors (Lipinski definition) is 2. The van der Waals surface area contributed by atoms with Crippen molar-refractivity contribution >= 4 is 5.97 Å². The van der Waals surface area contributed by atoms with E-state index in [9.17, 15) is 9.90 Å². The van der Waals surface area contributed by atoms with E-state index >= 15 is 0 Å². The van der Waals surface area contributed by atoms with E-state index in [-0.39, 0.29) is 12.5 Å². The van der Waals surface area contributed by atoms with E-state index in [0.717, 1.165) is 18.7 Å². The van der Waals surface area contributed by atoms with Crippen LogP contribution in [0.3, 0.4) is 0 Å². The molecule has 0 bridgehead atoms. The first-order valence-electron chi connectivity index (χ1n) is 7.60. The Hall–Kier alpha value is -1.35. The maximum Gasteiger partial charge on any atom is 0.305 e. The lowest BCUT2D eigenvalue weighted by molar-refractivity contribution is -0.138. The van der Waals surface area contributed by atoms with Crippen LogP contribution in [-0.2, 0) is 4.79 Å². The number of nitrogens with zero attached hydrogens (tertiary/aromatic N) is 1. The highest BCUT2D eigenvalue weighted by atomic mass is 16.4. The van der Waals surface area contributed by atoms with Crippen molar-refractivity contribution < 1.29 is 9.90 Å². The van der Waals surface area contributed by atoms with E-state index in [4.69, 9.17) is 0 Å².